The molecule has 1 aliphatic carbocycles. The van der Waals surface area contributed by atoms with Crippen LogP contribution < -0.4 is 14.7 Å². The monoisotopic (exact) mass is 861 g/mol. The second kappa shape index (κ2) is 17.5. The van der Waals surface area contributed by atoms with Gasteiger partial charge in [-0.2, -0.15) is 0 Å². The Hall–Kier alpha value is -8.40. The molecule has 0 amide bonds. The van der Waals surface area contributed by atoms with Gasteiger partial charge in [-0.3, -0.25) is 0 Å². The molecule has 10 aromatic rings. The van der Waals surface area contributed by atoms with E-state index in [2.05, 4.69) is 290 Å². The Labute approximate surface area is 395 Å². The van der Waals surface area contributed by atoms with Crippen LogP contribution in [0.4, 0.5) is 51.2 Å². The van der Waals surface area contributed by atoms with Gasteiger partial charge in [0, 0.05) is 39.4 Å². The van der Waals surface area contributed by atoms with Gasteiger partial charge in [-0.25, -0.2) is 0 Å². The van der Waals surface area contributed by atoms with Crippen LogP contribution in [0.25, 0.3) is 33.4 Å². The van der Waals surface area contributed by atoms with Crippen LogP contribution in [0.2, 0.25) is 0 Å². The van der Waals surface area contributed by atoms with Crippen molar-refractivity contribution in [3.05, 3.63) is 271 Å². The van der Waals surface area contributed by atoms with E-state index in [9.17, 15) is 0 Å². The number of benzene rings is 10. The Morgan fingerprint density at radius 1 is 0.284 bits per heavy atom. The minimum absolute atomic E-state index is 0.201. The van der Waals surface area contributed by atoms with E-state index in [0.717, 1.165) is 62.3 Å². The highest BCUT2D eigenvalue weighted by Gasteiger charge is 2.37. The summed E-state index contributed by atoms with van der Waals surface area (Å²) in [6, 6.07) is 92.3. The molecule has 0 aromatic heterocycles. The Balaban J connectivity index is 1.19. The number of nitrogens with zero attached hydrogens (tertiary/aromatic N) is 3. The van der Waals surface area contributed by atoms with Gasteiger partial charge >= 0.3 is 0 Å². The van der Waals surface area contributed by atoms with Crippen molar-refractivity contribution in [3.63, 3.8) is 0 Å². The van der Waals surface area contributed by atoms with E-state index >= 15 is 0 Å². The van der Waals surface area contributed by atoms with Crippen LogP contribution in [0.3, 0.4) is 0 Å². The van der Waals surface area contributed by atoms with E-state index in [0.29, 0.717) is 0 Å². The quantitative estimate of drug-likeness (QED) is 0.128. The molecule has 10 aromatic carbocycles. The molecule has 0 N–H and O–H groups in total. The molecule has 11 rings (SSSR count). The summed E-state index contributed by atoms with van der Waals surface area (Å²) in [4.78, 5) is 7.24. The van der Waals surface area contributed by atoms with Crippen molar-refractivity contribution in [2.75, 3.05) is 14.7 Å². The third kappa shape index (κ3) is 7.75. The van der Waals surface area contributed by atoms with Crippen molar-refractivity contribution in [3.8, 4) is 33.4 Å². The Bertz CT molecular complexity index is 3130. The van der Waals surface area contributed by atoms with Crippen molar-refractivity contribution < 1.29 is 0 Å². The number of hydrogen-bond donors (Lipinski definition) is 0. The highest BCUT2D eigenvalue weighted by molar-refractivity contribution is 5.95. The first kappa shape index (κ1) is 41.3. The van der Waals surface area contributed by atoms with Crippen LogP contribution in [0.5, 0.6) is 0 Å². The third-order valence-electron chi connectivity index (χ3n) is 13.3. The maximum atomic E-state index is 2.49. The minimum Gasteiger partial charge on any atom is -0.310 e. The summed E-state index contributed by atoms with van der Waals surface area (Å²) in [7, 11) is 0. The maximum Gasteiger partial charge on any atom is 0.0540 e. The molecule has 3 nitrogen and oxygen atoms in total. The van der Waals surface area contributed by atoms with E-state index in [-0.39, 0.29) is 5.41 Å². The van der Waals surface area contributed by atoms with Gasteiger partial charge in [0.15, 0.2) is 0 Å². The van der Waals surface area contributed by atoms with Gasteiger partial charge in [0.1, 0.15) is 0 Å². The predicted octanol–water partition coefficient (Wildman–Crippen LogP) is 18.0. The number of fused-ring (bicyclic) bond motifs is 3. The van der Waals surface area contributed by atoms with Crippen molar-refractivity contribution in [2.45, 2.75) is 26.2 Å². The third-order valence-corrected chi connectivity index (χ3v) is 13.3. The average molecular weight is 862 g/mol. The van der Waals surface area contributed by atoms with Gasteiger partial charge in [-0.05, 0) is 136 Å². The highest BCUT2D eigenvalue weighted by Crippen LogP contribution is 2.53. The van der Waals surface area contributed by atoms with E-state index in [1.807, 2.05) is 0 Å². The lowest BCUT2D eigenvalue weighted by Crippen LogP contribution is -2.18. The molecule has 0 saturated heterocycles. The molecular formula is C64H51N3. The molecule has 322 valence electrons. The largest absolute Gasteiger partial charge is 0.310 e. The average Bonchev–Trinajstić information content (AvgIpc) is 3.62. The van der Waals surface area contributed by atoms with Gasteiger partial charge < -0.3 is 14.7 Å². The second-order valence-electron chi connectivity index (χ2n) is 17.9. The van der Waals surface area contributed by atoms with Crippen LogP contribution >= 0.6 is 0 Å². The smallest absolute Gasteiger partial charge is 0.0540 e. The molecule has 0 radical (unpaired) electrons. The fourth-order valence-corrected chi connectivity index (χ4v) is 10.1. The summed E-state index contributed by atoms with van der Waals surface area (Å²) in [6.45, 7) is 7.00. The summed E-state index contributed by atoms with van der Waals surface area (Å²) in [6.07, 6.45) is 0. The summed E-state index contributed by atoms with van der Waals surface area (Å²) in [5, 5.41) is 0. The van der Waals surface area contributed by atoms with E-state index in [4.69, 9.17) is 0 Å². The summed E-state index contributed by atoms with van der Waals surface area (Å²) < 4.78 is 0. The van der Waals surface area contributed by atoms with Crippen LogP contribution in [0, 0.1) is 6.92 Å². The van der Waals surface area contributed by atoms with Crippen LogP contribution in [0.15, 0.2) is 255 Å². The number of anilines is 9. The molecular weight excluding hydrogens is 811 g/mol. The second-order valence-corrected chi connectivity index (χ2v) is 17.9. The summed E-state index contributed by atoms with van der Waals surface area (Å²) in [5.41, 5.74) is 20.7. The molecule has 1 aliphatic rings. The van der Waals surface area contributed by atoms with Gasteiger partial charge in [0.25, 0.3) is 0 Å². The first-order valence-electron chi connectivity index (χ1n) is 23.2. The Morgan fingerprint density at radius 2 is 0.716 bits per heavy atom. The SMILES string of the molecule is Cc1cccc2c1-c1ccc(N(c3cc(N(c4ccccc4)c4ccccc4)cc(N(c4ccccc4)c4ccccc4)c3)c3ccccc3-c3ccc(-c4ccccc4)cc3)cc1C2(C)C. The Morgan fingerprint density at radius 3 is 1.24 bits per heavy atom. The van der Waals surface area contributed by atoms with E-state index in [1.165, 1.54) is 38.9 Å². The maximum absolute atomic E-state index is 2.49. The molecule has 3 heteroatoms. The fraction of sp³-hybridized carbons (Fsp3) is 0.0625. The number of para-hydroxylation sites is 5. The van der Waals surface area contributed by atoms with Crippen molar-refractivity contribution in [2.24, 2.45) is 0 Å². The van der Waals surface area contributed by atoms with E-state index in [1.54, 1.807) is 0 Å². The van der Waals surface area contributed by atoms with Crippen molar-refractivity contribution in [1.82, 2.24) is 0 Å². The van der Waals surface area contributed by atoms with Crippen LogP contribution in [-0.4, -0.2) is 0 Å². The molecule has 67 heavy (non-hydrogen) atoms. The normalized spacial score (nSPS) is 12.2. The Kier molecular flexibility index (Phi) is 10.8. The number of hydrogen-bond acceptors (Lipinski definition) is 3. The first-order valence-corrected chi connectivity index (χ1v) is 23.2. The van der Waals surface area contributed by atoms with Crippen LogP contribution in [0.1, 0.15) is 30.5 Å². The van der Waals surface area contributed by atoms with Gasteiger partial charge in [-0.1, -0.05) is 184 Å². The predicted molar refractivity (Wildman–Crippen MR) is 284 cm³/mol. The molecule has 0 spiro atoms. The number of rotatable bonds is 11. The lowest BCUT2D eigenvalue weighted by atomic mass is 9.82. The topological polar surface area (TPSA) is 9.72 Å². The molecule has 0 aliphatic heterocycles. The minimum atomic E-state index is -0.201. The van der Waals surface area contributed by atoms with Crippen LogP contribution in [-0.2, 0) is 5.41 Å². The van der Waals surface area contributed by atoms with E-state index < -0.39 is 0 Å². The molecule has 0 bridgehead atoms. The molecule has 0 atom stereocenters. The van der Waals surface area contributed by atoms with Gasteiger partial charge in [-0.15, -0.1) is 0 Å². The lowest BCUT2D eigenvalue weighted by Gasteiger charge is -2.34. The number of aryl methyl sites for hydroxylation is 1. The first-order chi connectivity index (χ1) is 32.9. The summed E-state index contributed by atoms with van der Waals surface area (Å²) in [5.74, 6) is 0. The molecule has 0 saturated carbocycles. The summed E-state index contributed by atoms with van der Waals surface area (Å²) >= 11 is 0. The highest BCUT2D eigenvalue weighted by atomic mass is 15.2. The molecule has 0 fully saturated rings. The lowest BCUT2D eigenvalue weighted by molar-refractivity contribution is 0.660. The zero-order valence-corrected chi connectivity index (χ0v) is 38.1. The zero-order valence-electron chi connectivity index (χ0n) is 38.1. The molecule has 0 heterocycles. The van der Waals surface area contributed by atoms with Gasteiger partial charge in [0.2, 0.25) is 0 Å². The zero-order chi connectivity index (χ0) is 45.3. The van der Waals surface area contributed by atoms with Crippen molar-refractivity contribution in [1.29, 1.82) is 0 Å². The standard InChI is InChI=1S/C64H51N3/c1-46-22-21-34-60-63(46)59-41-40-54(45-61(59)64(60,2)3)67(62-35-20-19-33-58(62)49-38-36-48(37-39-49)47-23-9-4-10-24-47)57-43-55(65(50-25-11-5-12-26-50)51-27-13-6-14-28-51)42-56(44-57)66(52-29-15-7-16-30-52)53-31-17-8-18-32-53/h4-45H,1-3H3. The van der Waals surface area contributed by atoms with Gasteiger partial charge in [0.05, 0.1) is 22.7 Å². The fourth-order valence-electron chi connectivity index (χ4n) is 10.1. The van der Waals surface area contributed by atoms with Crippen molar-refractivity contribution >= 4 is 51.2 Å². The molecule has 0 unspecified atom stereocenters.